The summed E-state index contributed by atoms with van der Waals surface area (Å²) in [5.74, 6) is 0.793. The van der Waals surface area contributed by atoms with Crippen molar-refractivity contribution in [3.05, 3.63) is 64.7 Å². The first kappa shape index (κ1) is 22.4. The van der Waals surface area contributed by atoms with E-state index in [-0.39, 0.29) is 6.10 Å². The van der Waals surface area contributed by atoms with Gasteiger partial charge in [0.1, 0.15) is 17.5 Å². The van der Waals surface area contributed by atoms with Gasteiger partial charge in [0, 0.05) is 5.02 Å². The van der Waals surface area contributed by atoms with Crippen LogP contribution in [0.3, 0.4) is 0 Å². The highest BCUT2D eigenvalue weighted by atomic mass is 35.5. The van der Waals surface area contributed by atoms with Gasteiger partial charge in [-0.25, -0.2) is 4.79 Å². The summed E-state index contributed by atoms with van der Waals surface area (Å²) in [6.45, 7) is 5.39. The second kappa shape index (κ2) is 9.71. The molecule has 2 atom stereocenters. The predicted molar refractivity (Wildman–Crippen MR) is 118 cm³/mol. The summed E-state index contributed by atoms with van der Waals surface area (Å²) < 4.78 is 11.4. The van der Waals surface area contributed by atoms with E-state index in [1.165, 1.54) is 12.8 Å². The van der Waals surface area contributed by atoms with E-state index >= 15 is 0 Å². The highest BCUT2D eigenvalue weighted by Gasteiger charge is 2.27. The van der Waals surface area contributed by atoms with Gasteiger partial charge in [-0.1, -0.05) is 35.9 Å². The van der Waals surface area contributed by atoms with Gasteiger partial charge in [-0.05, 0) is 81.8 Å². The Bertz CT molecular complexity index is 824. The van der Waals surface area contributed by atoms with Crippen LogP contribution < -0.4 is 10.1 Å². The van der Waals surface area contributed by atoms with Gasteiger partial charge in [0.2, 0.25) is 0 Å². The van der Waals surface area contributed by atoms with Crippen LogP contribution in [0.2, 0.25) is 5.02 Å². The van der Waals surface area contributed by atoms with Crippen molar-refractivity contribution in [2.45, 2.75) is 70.3 Å². The highest BCUT2D eigenvalue weighted by Crippen LogP contribution is 2.32. The lowest BCUT2D eigenvalue weighted by Gasteiger charge is -2.27. The molecule has 6 heteroatoms. The Labute approximate surface area is 183 Å². The molecule has 0 aliphatic heterocycles. The fourth-order valence-electron chi connectivity index (χ4n) is 3.58. The Balaban J connectivity index is 1.77. The zero-order valence-corrected chi connectivity index (χ0v) is 18.5. The molecule has 2 unspecified atom stereocenters. The van der Waals surface area contributed by atoms with E-state index in [4.69, 9.17) is 21.1 Å². The van der Waals surface area contributed by atoms with Crippen molar-refractivity contribution in [2.24, 2.45) is 0 Å². The SMILES string of the molecule is CC(C)(C)OC(=O)NC(c1ccc(Cl)cc1)C(O)c1ccc(OC2CCCC2)cc1. The third-order valence-electron chi connectivity index (χ3n) is 5.04. The molecule has 2 N–H and O–H groups in total. The molecule has 0 heterocycles. The first-order valence-corrected chi connectivity index (χ1v) is 10.8. The maximum Gasteiger partial charge on any atom is 0.408 e. The van der Waals surface area contributed by atoms with Crippen molar-refractivity contribution < 1.29 is 19.4 Å². The second-order valence-corrected chi connectivity index (χ2v) is 9.15. The molecular formula is C24H30ClNO4. The summed E-state index contributed by atoms with van der Waals surface area (Å²) in [6, 6.07) is 13.7. The summed E-state index contributed by atoms with van der Waals surface area (Å²) in [7, 11) is 0. The highest BCUT2D eigenvalue weighted by molar-refractivity contribution is 6.30. The van der Waals surface area contributed by atoms with Crippen LogP contribution in [0, 0.1) is 0 Å². The molecule has 162 valence electrons. The molecule has 5 nitrogen and oxygen atoms in total. The zero-order valence-electron chi connectivity index (χ0n) is 17.7. The molecule has 1 fully saturated rings. The molecule has 1 aliphatic carbocycles. The lowest BCUT2D eigenvalue weighted by Crippen LogP contribution is -2.37. The number of aliphatic hydroxyl groups excluding tert-OH is 1. The van der Waals surface area contributed by atoms with Crippen molar-refractivity contribution in [3.8, 4) is 5.75 Å². The summed E-state index contributed by atoms with van der Waals surface area (Å²) >= 11 is 6.00. The monoisotopic (exact) mass is 431 g/mol. The van der Waals surface area contributed by atoms with Gasteiger partial charge in [-0.2, -0.15) is 0 Å². The minimum absolute atomic E-state index is 0.274. The first-order valence-electron chi connectivity index (χ1n) is 10.4. The van der Waals surface area contributed by atoms with Crippen molar-refractivity contribution in [1.29, 1.82) is 0 Å². The standard InChI is InChI=1S/C24H30ClNO4/c1-24(2,3)30-23(28)26-21(16-8-12-18(25)13-9-16)22(27)17-10-14-20(15-11-17)29-19-6-4-5-7-19/h8-15,19,21-22,27H,4-7H2,1-3H3,(H,26,28). The minimum Gasteiger partial charge on any atom is -0.490 e. The second-order valence-electron chi connectivity index (χ2n) is 8.71. The van der Waals surface area contributed by atoms with Gasteiger partial charge in [-0.3, -0.25) is 0 Å². The van der Waals surface area contributed by atoms with E-state index in [0.29, 0.717) is 10.6 Å². The number of hydrogen-bond donors (Lipinski definition) is 2. The Hall–Kier alpha value is -2.24. The van der Waals surface area contributed by atoms with Gasteiger partial charge >= 0.3 is 6.09 Å². The van der Waals surface area contributed by atoms with Crippen LogP contribution >= 0.6 is 11.6 Å². The number of carbonyl (C=O) groups excluding carboxylic acids is 1. The molecule has 0 aromatic heterocycles. The van der Waals surface area contributed by atoms with Crippen LogP contribution in [0.15, 0.2) is 48.5 Å². The molecule has 0 spiro atoms. The maximum absolute atomic E-state index is 12.4. The van der Waals surface area contributed by atoms with Crippen LogP contribution in [0.1, 0.15) is 69.7 Å². The Morgan fingerprint density at radius 2 is 1.60 bits per heavy atom. The van der Waals surface area contributed by atoms with E-state index in [0.717, 1.165) is 24.2 Å². The normalized spacial score (nSPS) is 16.7. The van der Waals surface area contributed by atoms with E-state index in [1.54, 1.807) is 45.0 Å². The number of alkyl carbamates (subject to hydrolysis) is 1. The van der Waals surface area contributed by atoms with Gasteiger partial charge in [-0.15, -0.1) is 0 Å². The fourth-order valence-corrected chi connectivity index (χ4v) is 3.71. The number of benzene rings is 2. The predicted octanol–water partition coefficient (Wildman–Crippen LogP) is 5.96. The molecule has 1 aliphatic rings. The molecule has 0 saturated heterocycles. The minimum atomic E-state index is -0.973. The summed E-state index contributed by atoms with van der Waals surface area (Å²) in [4.78, 5) is 12.4. The number of carbonyl (C=O) groups is 1. The number of halogens is 1. The first-order chi connectivity index (χ1) is 14.2. The average Bonchev–Trinajstić information content (AvgIpc) is 3.19. The molecule has 2 aromatic rings. The lowest BCUT2D eigenvalue weighted by atomic mass is 9.96. The smallest absolute Gasteiger partial charge is 0.408 e. The number of amides is 1. The largest absolute Gasteiger partial charge is 0.490 e. The van der Waals surface area contributed by atoms with Crippen molar-refractivity contribution in [1.82, 2.24) is 5.32 Å². The third-order valence-corrected chi connectivity index (χ3v) is 5.30. The van der Waals surface area contributed by atoms with Crippen molar-refractivity contribution >= 4 is 17.7 Å². The molecule has 3 rings (SSSR count). The van der Waals surface area contributed by atoms with Gasteiger partial charge in [0.25, 0.3) is 0 Å². The van der Waals surface area contributed by atoms with E-state index in [2.05, 4.69) is 5.32 Å². The maximum atomic E-state index is 12.4. The number of ether oxygens (including phenoxy) is 2. The lowest BCUT2D eigenvalue weighted by molar-refractivity contribution is 0.0419. The Morgan fingerprint density at radius 3 is 2.17 bits per heavy atom. The number of nitrogens with one attached hydrogen (secondary N) is 1. The van der Waals surface area contributed by atoms with Gasteiger partial charge in [0.05, 0.1) is 12.1 Å². The van der Waals surface area contributed by atoms with Crippen molar-refractivity contribution in [2.75, 3.05) is 0 Å². The van der Waals surface area contributed by atoms with Crippen LogP contribution in [-0.2, 0) is 4.74 Å². The quantitative estimate of drug-likeness (QED) is 0.592. The topological polar surface area (TPSA) is 67.8 Å². The number of aliphatic hydroxyl groups is 1. The Morgan fingerprint density at radius 1 is 1.03 bits per heavy atom. The van der Waals surface area contributed by atoms with E-state index in [1.807, 2.05) is 24.3 Å². The van der Waals surface area contributed by atoms with Crippen LogP contribution in [0.25, 0.3) is 0 Å². The summed E-state index contributed by atoms with van der Waals surface area (Å²) in [5, 5.41) is 14.5. The van der Waals surface area contributed by atoms with Gasteiger partial charge < -0.3 is 19.9 Å². The third kappa shape index (κ3) is 6.38. The zero-order chi connectivity index (χ0) is 21.7. The molecule has 0 radical (unpaired) electrons. The fraction of sp³-hybridized carbons (Fsp3) is 0.458. The van der Waals surface area contributed by atoms with E-state index < -0.39 is 23.8 Å². The average molecular weight is 432 g/mol. The van der Waals surface area contributed by atoms with Crippen LogP contribution in [-0.4, -0.2) is 22.9 Å². The number of rotatable bonds is 6. The molecule has 0 bridgehead atoms. The molecule has 2 aromatic carbocycles. The van der Waals surface area contributed by atoms with Gasteiger partial charge in [0.15, 0.2) is 0 Å². The van der Waals surface area contributed by atoms with Crippen molar-refractivity contribution in [3.63, 3.8) is 0 Å². The number of hydrogen-bond acceptors (Lipinski definition) is 4. The summed E-state index contributed by atoms with van der Waals surface area (Å²) in [6.07, 6.45) is 3.30. The van der Waals surface area contributed by atoms with Crippen LogP contribution in [0.5, 0.6) is 5.75 Å². The Kier molecular flexibility index (Phi) is 7.27. The molecule has 30 heavy (non-hydrogen) atoms. The molecule has 1 amide bonds. The van der Waals surface area contributed by atoms with E-state index in [9.17, 15) is 9.90 Å². The summed E-state index contributed by atoms with van der Waals surface area (Å²) in [5.41, 5.74) is 0.757. The van der Waals surface area contributed by atoms with Crippen LogP contribution in [0.4, 0.5) is 4.79 Å². The molecular weight excluding hydrogens is 402 g/mol. The molecule has 1 saturated carbocycles.